The molecule has 1 atom stereocenters. The molecular formula is C19H24N2O2. The van der Waals surface area contributed by atoms with E-state index in [1.54, 1.807) is 0 Å². The molecule has 0 radical (unpaired) electrons. The molecule has 4 nitrogen and oxygen atoms in total. The SMILES string of the molecule is C=C(C)[C@@H]1CC=C(C)/C(=N\NC(=O)COc2ccc(C)cc2)C1. The molecule has 1 aliphatic rings. The Balaban J connectivity index is 1.87. The molecule has 23 heavy (non-hydrogen) atoms. The molecule has 2 rings (SSSR count). The van der Waals surface area contributed by atoms with Crippen molar-refractivity contribution in [1.29, 1.82) is 0 Å². The van der Waals surface area contributed by atoms with Gasteiger partial charge in [-0.1, -0.05) is 35.9 Å². The second-order valence-electron chi connectivity index (χ2n) is 6.07. The van der Waals surface area contributed by atoms with Crippen molar-refractivity contribution in [2.45, 2.75) is 33.6 Å². The summed E-state index contributed by atoms with van der Waals surface area (Å²) in [7, 11) is 0. The Bertz CT molecular complexity index is 642. The molecule has 0 unspecified atom stereocenters. The van der Waals surface area contributed by atoms with Gasteiger partial charge in [0.05, 0.1) is 5.71 Å². The number of benzene rings is 1. The number of hydrazone groups is 1. The Morgan fingerprint density at radius 3 is 2.70 bits per heavy atom. The first-order chi connectivity index (χ1) is 11.0. The van der Waals surface area contributed by atoms with Crippen molar-refractivity contribution in [3.05, 3.63) is 53.6 Å². The van der Waals surface area contributed by atoms with Crippen molar-refractivity contribution >= 4 is 11.6 Å². The van der Waals surface area contributed by atoms with E-state index in [0.717, 1.165) is 35.3 Å². The van der Waals surface area contributed by atoms with Crippen LogP contribution in [-0.4, -0.2) is 18.2 Å². The van der Waals surface area contributed by atoms with Crippen molar-refractivity contribution < 1.29 is 9.53 Å². The summed E-state index contributed by atoms with van der Waals surface area (Å²) in [6.07, 6.45) is 3.96. The smallest absolute Gasteiger partial charge is 0.277 e. The number of nitrogens with zero attached hydrogens (tertiary/aromatic N) is 1. The third-order valence-corrected chi connectivity index (χ3v) is 4.01. The first-order valence-corrected chi connectivity index (χ1v) is 7.83. The zero-order valence-electron chi connectivity index (χ0n) is 14.1. The predicted molar refractivity (Wildman–Crippen MR) is 93.5 cm³/mol. The zero-order chi connectivity index (χ0) is 16.8. The summed E-state index contributed by atoms with van der Waals surface area (Å²) in [4.78, 5) is 11.9. The van der Waals surface area contributed by atoms with Crippen LogP contribution in [0.2, 0.25) is 0 Å². The Kier molecular flexibility index (Phi) is 5.74. The minimum absolute atomic E-state index is 0.0491. The lowest BCUT2D eigenvalue weighted by molar-refractivity contribution is -0.123. The van der Waals surface area contributed by atoms with Crippen LogP contribution in [-0.2, 0) is 4.79 Å². The van der Waals surface area contributed by atoms with Gasteiger partial charge in [0, 0.05) is 0 Å². The lowest BCUT2D eigenvalue weighted by atomic mass is 9.85. The van der Waals surface area contributed by atoms with Gasteiger partial charge >= 0.3 is 0 Å². The fourth-order valence-corrected chi connectivity index (χ4v) is 2.37. The van der Waals surface area contributed by atoms with Crippen LogP contribution in [0.25, 0.3) is 0 Å². The summed E-state index contributed by atoms with van der Waals surface area (Å²) in [5.41, 5.74) is 6.90. The van der Waals surface area contributed by atoms with Gasteiger partial charge in [0.15, 0.2) is 6.61 Å². The maximum Gasteiger partial charge on any atom is 0.277 e. The molecule has 0 spiro atoms. The second-order valence-corrected chi connectivity index (χ2v) is 6.07. The molecule has 1 aliphatic carbocycles. The van der Waals surface area contributed by atoms with Gasteiger partial charge in [-0.2, -0.15) is 5.10 Å². The van der Waals surface area contributed by atoms with Gasteiger partial charge in [-0.15, -0.1) is 0 Å². The van der Waals surface area contributed by atoms with Crippen LogP contribution in [0, 0.1) is 12.8 Å². The van der Waals surface area contributed by atoms with Crippen molar-refractivity contribution in [2.75, 3.05) is 6.61 Å². The number of aryl methyl sites for hydroxylation is 1. The third kappa shape index (κ3) is 5.09. The molecule has 1 aromatic rings. The first-order valence-electron chi connectivity index (χ1n) is 7.83. The molecule has 0 saturated heterocycles. The molecule has 0 aliphatic heterocycles. The summed E-state index contributed by atoms with van der Waals surface area (Å²) >= 11 is 0. The van der Waals surface area contributed by atoms with Gasteiger partial charge in [-0.25, -0.2) is 5.43 Å². The van der Waals surface area contributed by atoms with Gasteiger partial charge in [0.1, 0.15) is 5.75 Å². The fraction of sp³-hybridized carbons (Fsp3) is 0.368. The van der Waals surface area contributed by atoms with E-state index in [-0.39, 0.29) is 12.5 Å². The average molecular weight is 312 g/mol. The predicted octanol–water partition coefficient (Wildman–Crippen LogP) is 3.78. The maximum atomic E-state index is 11.9. The molecule has 0 saturated carbocycles. The molecular weight excluding hydrogens is 288 g/mol. The average Bonchev–Trinajstić information content (AvgIpc) is 2.53. The Labute approximate surface area is 137 Å². The quantitative estimate of drug-likeness (QED) is 0.664. The second kappa shape index (κ2) is 7.77. The highest BCUT2D eigenvalue weighted by molar-refractivity contribution is 6.01. The molecule has 1 amide bonds. The lowest BCUT2D eigenvalue weighted by Crippen LogP contribution is -2.27. The largest absolute Gasteiger partial charge is 0.484 e. The summed E-state index contributed by atoms with van der Waals surface area (Å²) in [6.45, 7) is 10.0. The van der Waals surface area contributed by atoms with Gasteiger partial charge < -0.3 is 4.74 Å². The Morgan fingerprint density at radius 1 is 1.35 bits per heavy atom. The Hall–Kier alpha value is -2.36. The van der Waals surface area contributed by atoms with E-state index in [9.17, 15) is 4.79 Å². The molecule has 0 bridgehead atoms. The molecule has 1 aromatic carbocycles. The number of ether oxygens (including phenoxy) is 1. The summed E-state index contributed by atoms with van der Waals surface area (Å²) in [5, 5.41) is 4.25. The Morgan fingerprint density at radius 2 is 2.04 bits per heavy atom. The molecule has 0 heterocycles. The van der Waals surface area contributed by atoms with E-state index in [4.69, 9.17) is 4.74 Å². The molecule has 0 fully saturated rings. The van der Waals surface area contributed by atoms with Crippen LogP contribution < -0.4 is 10.2 Å². The highest BCUT2D eigenvalue weighted by atomic mass is 16.5. The highest BCUT2D eigenvalue weighted by Crippen LogP contribution is 2.26. The van der Waals surface area contributed by atoms with Gasteiger partial charge in [0.2, 0.25) is 0 Å². The zero-order valence-corrected chi connectivity index (χ0v) is 14.1. The minimum atomic E-state index is -0.261. The van der Waals surface area contributed by atoms with Gasteiger partial charge in [0.25, 0.3) is 5.91 Å². The number of rotatable bonds is 5. The normalized spacial score (nSPS) is 19.2. The third-order valence-electron chi connectivity index (χ3n) is 4.01. The number of carbonyl (C=O) groups is 1. The highest BCUT2D eigenvalue weighted by Gasteiger charge is 2.18. The monoisotopic (exact) mass is 312 g/mol. The summed E-state index contributed by atoms with van der Waals surface area (Å²) < 4.78 is 5.44. The van der Waals surface area contributed by atoms with E-state index in [2.05, 4.69) is 23.2 Å². The van der Waals surface area contributed by atoms with Crippen molar-refractivity contribution in [3.63, 3.8) is 0 Å². The first kappa shape index (κ1) is 17.0. The fourth-order valence-electron chi connectivity index (χ4n) is 2.37. The number of nitrogens with one attached hydrogen (secondary N) is 1. The van der Waals surface area contributed by atoms with E-state index in [0.29, 0.717) is 11.7 Å². The topological polar surface area (TPSA) is 50.7 Å². The maximum absolute atomic E-state index is 11.9. The number of carbonyl (C=O) groups excluding carboxylic acids is 1. The van der Waals surface area contributed by atoms with Crippen molar-refractivity contribution in [1.82, 2.24) is 5.43 Å². The summed E-state index contributed by atoms with van der Waals surface area (Å²) in [5.74, 6) is 0.816. The molecule has 122 valence electrons. The lowest BCUT2D eigenvalue weighted by Gasteiger charge is -2.22. The number of hydrogen-bond donors (Lipinski definition) is 1. The van der Waals surface area contributed by atoms with Gasteiger partial charge in [-0.3, -0.25) is 4.79 Å². The van der Waals surface area contributed by atoms with E-state index in [1.807, 2.05) is 45.0 Å². The van der Waals surface area contributed by atoms with Gasteiger partial charge in [-0.05, 0) is 57.2 Å². The van der Waals surface area contributed by atoms with Crippen LogP contribution in [0.1, 0.15) is 32.3 Å². The number of allylic oxidation sites excluding steroid dienone is 3. The van der Waals surface area contributed by atoms with E-state index >= 15 is 0 Å². The van der Waals surface area contributed by atoms with Crippen LogP contribution in [0.3, 0.4) is 0 Å². The number of hydrogen-bond acceptors (Lipinski definition) is 3. The van der Waals surface area contributed by atoms with Crippen LogP contribution in [0.15, 0.2) is 53.2 Å². The minimum Gasteiger partial charge on any atom is -0.484 e. The van der Waals surface area contributed by atoms with E-state index < -0.39 is 0 Å². The van der Waals surface area contributed by atoms with E-state index in [1.165, 1.54) is 0 Å². The van der Waals surface area contributed by atoms with Crippen molar-refractivity contribution in [2.24, 2.45) is 11.0 Å². The molecule has 0 aromatic heterocycles. The van der Waals surface area contributed by atoms with Crippen LogP contribution in [0.5, 0.6) is 5.75 Å². The standard InChI is InChI=1S/C19H24N2O2/c1-13(2)16-8-7-15(4)18(11-16)20-21-19(22)12-23-17-9-5-14(3)6-10-17/h5-7,9-10,16H,1,8,11-12H2,2-4H3,(H,21,22)/b20-18-/t16-/m1/s1. The molecule has 1 N–H and O–H groups in total. The number of amides is 1. The van der Waals surface area contributed by atoms with Crippen LogP contribution in [0.4, 0.5) is 0 Å². The molecule has 4 heteroatoms. The van der Waals surface area contributed by atoms with Crippen molar-refractivity contribution in [3.8, 4) is 5.75 Å². The summed E-state index contributed by atoms with van der Waals surface area (Å²) in [6, 6.07) is 7.59. The van der Waals surface area contributed by atoms with Crippen LogP contribution >= 0.6 is 0 Å².